The molecular formula is C33H46N2O3. The van der Waals surface area contributed by atoms with Gasteiger partial charge in [-0.05, 0) is 99.8 Å². The summed E-state index contributed by atoms with van der Waals surface area (Å²) in [7, 11) is 4.26. The summed E-state index contributed by atoms with van der Waals surface area (Å²) in [5.74, 6) is 2.82. The number of carbonyl (C=O) groups is 2. The number of likely N-dealkylation sites (N-methyl/N-ethyl adjacent to an activating group) is 1. The summed E-state index contributed by atoms with van der Waals surface area (Å²) in [6, 6.07) is 10.3. The van der Waals surface area contributed by atoms with E-state index in [2.05, 4.69) is 31.9 Å². The molecule has 4 aliphatic carbocycles. The fourth-order valence-electron chi connectivity index (χ4n) is 10.2. The van der Waals surface area contributed by atoms with Crippen LogP contribution in [0, 0.1) is 34.5 Å². The van der Waals surface area contributed by atoms with Crippen molar-refractivity contribution in [1.29, 1.82) is 0 Å². The molecule has 0 radical (unpaired) electrons. The van der Waals surface area contributed by atoms with E-state index in [1.807, 2.05) is 42.3 Å². The van der Waals surface area contributed by atoms with Crippen molar-refractivity contribution in [2.75, 3.05) is 20.6 Å². The first-order chi connectivity index (χ1) is 18.2. The average Bonchev–Trinajstić information content (AvgIpc) is 3.39. The van der Waals surface area contributed by atoms with Crippen LogP contribution < -0.4 is 0 Å². The van der Waals surface area contributed by atoms with Crippen LogP contribution in [0.1, 0.15) is 83.8 Å². The number of allylic oxidation sites excluding steroid dienone is 1. The monoisotopic (exact) mass is 518 g/mol. The molecule has 1 aromatic carbocycles. The number of likely N-dealkylation sites (tertiary alicyclic amines) is 1. The van der Waals surface area contributed by atoms with Crippen LogP contribution in [-0.4, -0.2) is 54.4 Å². The lowest BCUT2D eigenvalue weighted by Gasteiger charge is -2.58. The Labute approximate surface area is 229 Å². The predicted molar refractivity (Wildman–Crippen MR) is 149 cm³/mol. The van der Waals surface area contributed by atoms with Gasteiger partial charge in [0.05, 0.1) is 0 Å². The third-order valence-corrected chi connectivity index (χ3v) is 12.2. The molecule has 4 fully saturated rings. The van der Waals surface area contributed by atoms with E-state index in [0.29, 0.717) is 5.41 Å². The highest BCUT2D eigenvalue weighted by Gasteiger charge is 2.64. The lowest BCUT2D eigenvalue weighted by atomic mass is 9.47. The molecule has 6 rings (SSSR count). The highest BCUT2D eigenvalue weighted by Crippen LogP contribution is 2.68. The molecule has 0 N–H and O–H groups in total. The minimum atomic E-state index is -0.881. The third-order valence-electron chi connectivity index (χ3n) is 12.2. The summed E-state index contributed by atoms with van der Waals surface area (Å²) in [4.78, 5) is 30.1. The zero-order chi connectivity index (χ0) is 26.8. The van der Waals surface area contributed by atoms with E-state index in [9.17, 15) is 9.59 Å². The molecule has 5 nitrogen and oxygen atoms in total. The van der Waals surface area contributed by atoms with E-state index in [1.54, 1.807) is 5.57 Å². The quantitative estimate of drug-likeness (QED) is 0.362. The molecule has 1 amide bonds. The zero-order valence-corrected chi connectivity index (χ0v) is 24.0. The van der Waals surface area contributed by atoms with Crippen LogP contribution in [0.25, 0.3) is 0 Å². The number of carbonyl (C=O) groups excluding carboxylic acids is 2. The van der Waals surface area contributed by atoms with Crippen LogP contribution in [0.3, 0.4) is 0 Å². The maximum absolute atomic E-state index is 13.7. The van der Waals surface area contributed by atoms with E-state index in [-0.39, 0.29) is 17.4 Å². The van der Waals surface area contributed by atoms with Crippen molar-refractivity contribution in [3.63, 3.8) is 0 Å². The van der Waals surface area contributed by atoms with Gasteiger partial charge in [0.15, 0.2) is 0 Å². The van der Waals surface area contributed by atoms with E-state index in [4.69, 9.17) is 4.74 Å². The van der Waals surface area contributed by atoms with Crippen LogP contribution in [0.4, 0.5) is 0 Å². The Morgan fingerprint density at radius 2 is 1.79 bits per heavy atom. The van der Waals surface area contributed by atoms with Crippen molar-refractivity contribution in [1.82, 2.24) is 9.80 Å². The molecule has 5 aliphatic rings. The molecule has 2 unspecified atom stereocenters. The summed E-state index contributed by atoms with van der Waals surface area (Å²) in [6.45, 7) is 7.70. The van der Waals surface area contributed by atoms with Gasteiger partial charge in [0.25, 0.3) is 5.91 Å². The second-order valence-corrected chi connectivity index (χ2v) is 13.6. The summed E-state index contributed by atoms with van der Waals surface area (Å²) < 4.78 is 5.55. The average molecular weight is 519 g/mol. The second kappa shape index (κ2) is 9.50. The molecule has 38 heavy (non-hydrogen) atoms. The molecule has 1 aromatic rings. The Hall–Kier alpha value is -2.14. The van der Waals surface area contributed by atoms with Crippen LogP contribution in [-0.2, 0) is 14.3 Å². The van der Waals surface area contributed by atoms with Crippen LogP contribution >= 0.6 is 0 Å². The third kappa shape index (κ3) is 3.90. The van der Waals surface area contributed by atoms with Gasteiger partial charge in [-0.25, -0.2) is 0 Å². The van der Waals surface area contributed by atoms with Crippen molar-refractivity contribution in [2.24, 2.45) is 34.5 Å². The van der Waals surface area contributed by atoms with E-state index in [1.165, 1.54) is 45.6 Å². The van der Waals surface area contributed by atoms with Gasteiger partial charge < -0.3 is 14.5 Å². The highest BCUT2D eigenvalue weighted by molar-refractivity contribution is 5.84. The van der Waals surface area contributed by atoms with E-state index < -0.39 is 12.1 Å². The normalized spacial score (nSPS) is 40.7. The van der Waals surface area contributed by atoms with Gasteiger partial charge in [-0.15, -0.1) is 0 Å². The molecule has 1 heterocycles. The van der Waals surface area contributed by atoms with E-state index >= 15 is 0 Å². The summed E-state index contributed by atoms with van der Waals surface area (Å²) in [5, 5.41) is 0. The maximum Gasteiger partial charge on any atom is 0.303 e. The van der Waals surface area contributed by atoms with Crippen molar-refractivity contribution >= 4 is 11.9 Å². The SMILES string of the molecule is CC(=O)O[C@@H](C(=O)N(C)[C@H]1CC[C@@]2(C)C(=CC[C@H]3C4CCC5[C@H](C)N(C)C[C@]45CC[C@@H]32)C1)c1ccccc1. The van der Waals surface area contributed by atoms with Crippen LogP contribution in [0.5, 0.6) is 0 Å². The lowest BCUT2D eigenvalue weighted by Crippen LogP contribution is -2.53. The number of ether oxygens (including phenoxy) is 1. The van der Waals surface area contributed by atoms with Crippen molar-refractivity contribution < 1.29 is 14.3 Å². The molecule has 9 atom stereocenters. The van der Waals surface area contributed by atoms with Gasteiger partial charge in [0.2, 0.25) is 6.10 Å². The standard InChI is InChI=1S/C33H46N2O3/c1-21-27-13-14-29-26-12-11-24-19-25(15-17-32(24,3)28(26)16-18-33(27,29)20-34(21)4)35(5)31(37)30(38-22(2)36)23-9-7-6-8-10-23/h6-11,21,25-30H,12-20H2,1-5H3/t21-,25-,26+,27?,28-,29?,30+,32-,33-/m0/s1. The van der Waals surface area contributed by atoms with E-state index in [0.717, 1.165) is 54.5 Å². The Bertz CT molecular complexity index is 1120. The maximum atomic E-state index is 13.7. The Morgan fingerprint density at radius 3 is 2.53 bits per heavy atom. The Balaban J connectivity index is 1.20. The molecule has 206 valence electrons. The van der Waals surface area contributed by atoms with Gasteiger partial charge in [-0.1, -0.05) is 48.9 Å². The smallest absolute Gasteiger partial charge is 0.303 e. The first kappa shape index (κ1) is 26.1. The van der Waals surface area contributed by atoms with Gasteiger partial charge in [0, 0.05) is 38.2 Å². The minimum absolute atomic E-state index is 0.120. The second-order valence-electron chi connectivity index (χ2n) is 13.6. The topological polar surface area (TPSA) is 49.9 Å². The lowest BCUT2D eigenvalue weighted by molar-refractivity contribution is -0.160. The zero-order valence-electron chi connectivity index (χ0n) is 24.0. The first-order valence-corrected chi connectivity index (χ1v) is 15.0. The van der Waals surface area contributed by atoms with Crippen LogP contribution in [0.2, 0.25) is 0 Å². The number of amides is 1. The minimum Gasteiger partial charge on any atom is -0.447 e. The fourth-order valence-corrected chi connectivity index (χ4v) is 10.2. The predicted octanol–water partition coefficient (Wildman–Crippen LogP) is 6.01. The summed E-state index contributed by atoms with van der Waals surface area (Å²) in [5.41, 5.74) is 3.14. The number of hydrogen-bond donors (Lipinski definition) is 0. The Morgan fingerprint density at radius 1 is 1.05 bits per heavy atom. The van der Waals surface area contributed by atoms with Gasteiger partial charge in [-0.3, -0.25) is 9.59 Å². The molecule has 3 saturated carbocycles. The Kier molecular flexibility index (Phi) is 6.53. The van der Waals surface area contributed by atoms with Crippen LogP contribution in [0.15, 0.2) is 42.0 Å². The number of esters is 1. The first-order valence-electron chi connectivity index (χ1n) is 15.0. The highest BCUT2D eigenvalue weighted by atomic mass is 16.5. The van der Waals surface area contributed by atoms with Gasteiger partial charge in [0.1, 0.15) is 0 Å². The summed E-state index contributed by atoms with van der Waals surface area (Å²) >= 11 is 0. The number of hydrogen-bond acceptors (Lipinski definition) is 4. The van der Waals surface area contributed by atoms with Gasteiger partial charge >= 0.3 is 5.97 Å². The van der Waals surface area contributed by atoms with Gasteiger partial charge in [-0.2, -0.15) is 0 Å². The molecule has 0 bridgehead atoms. The molecule has 1 saturated heterocycles. The number of fused-ring (bicyclic) bond motifs is 4. The molecule has 1 spiro atoms. The molecule has 0 aromatic heterocycles. The summed E-state index contributed by atoms with van der Waals surface area (Å²) in [6.07, 6.45) is 11.7. The number of benzene rings is 1. The van der Waals surface area contributed by atoms with Crippen molar-refractivity contribution in [3.05, 3.63) is 47.5 Å². The molecule has 5 heteroatoms. The number of rotatable bonds is 4. The number of nitrogens with zero attached hydrogens (tertiary/aromatic N) is 2. The fraction of sp³-hybridized carbons (Fsp3) is 0.697. The molecular weight excluding hydrogens is 472 g/mol. The molecule has 1 aliphatic heterocycles. The largest absolute Gasteiger partial charge is 0.447 e. The van der Waals surface area contributed by atoms with Crippen molar-refractivity contribution in [2.45, 2.75) is 90.3 Å². The van der Waals surface area contributed by atoms with Crippen molar-refractivity contribution in [3.8, 4) is 0 Å².